The Morgan fingerprint density at radius 3 is 2.37 bits per heavy atom. The van der Waals surface area contributed by atoms with E-state index in [-0.39, 0.29) is 0 Å². The zero-order valence-corrected chi connectivity index (χ0v) is 12.9. The van der Waals surface area contributed by atoms with Crippen LogP contribution in [0.25, 0.3) is 11.3 Å². The van der Waals surface area contributed by atoms with Crippen LogP contribution in [-0.2, 0) is 0 Å². The van der Waals surface area contributed by atoms with Gasteiger partial charge in [-0.25, -0.2) is 0 Å². The summed E-state index contributed by atoms with van der Waals surface area (Å²) in [6, 6.07) is 6.58. The fourth-order valence-corrected chi connectivity index (χ4v) is 2.31. The molecule has 0 bridgehead atoms. The third kappa shape index (κ3) is 3.73. The Hall–Kier alpha value is -1.50. The number of aryl methyl sites for hydroxylation is 1. The molecule has 0 fully saturated rings. The summed E-state index contributed by atoms with van der Waals surface area (Å²) in [6.07, 6.45) is 2.14. The quantitative estimate of drug-likeness (QED) is 0.655. The maximum Gasteiger partial charge on any atom is 0.0366 e. The summed E-state index contributed by atoms with van der Waals surface area (Å²) in [6.45, 7) is 19.2. The Kier molecular flexibility index (Phi) is 5.88. The summed E-state index contributed by atoms with van der Waals surface area (Å²) in [4.78, 5) is 2.34. The molecule has 0 atom stereocenters. The first-order valence-electron chi connectivity index (χ1n) is 7.28. The summed E-state index contributed by atoms with van der Waals surface area (Å²) in [5.74, 6) is 0. The monoisotopic (exact) mass is 257 g/mol. The molecular weight excluding hydrogens is 230 g/mol. The molecule has 19 heavy (non-hydrogen) atoms. The lowest BCUT2D eigenvalue weighted by molar-refractivity contribution is 0.418. The zero-order valence-electron chi connectivity index (χ0n) is 12.9. The second kappa shape index (κ2) is 7.18. The summed E-state index contributed by atoms with van der Waals surface area (Å²) < 4.78 is 0. The molecule has 1 aromatic rings. The van der Waals surface area contributed by atoms with Gasteiger partial charge in [-0.1, -0.05) is 39.1 Å². The Labute approximate surface area is 118 Å². The van der Waals surface area contributed by atoms with Crippen molar-refractivity contribution in [2.45, 2.75) is 40.5 Å². The van der Waals surface area contributed by atoms with Crippen LogP contribution in [-0.4, -0.2) is 18.0 Å². The van der Waals surface area contributed by atoms with Crippen molar-refractivity contribution in [1.82, 2.24) is 4.90 Å². The van der Waals surface area contributed by atoms with Crippen molar-refractivity contribution < 1.29 is 0 Å². The van der Waals surface area contributed by atoms with E-state index in [1.54, 1.807) is 0 Å². The van der Waals surface area contributed by atoms with Crippen LogP contribution in [0.5, 0.6) is 0 Å². The van der Waals surface area contributed by atoms with E-state index in [9.17, 15) is 0 Å². The second-order valence-corrected chi connectivity index (χ2v) is 5.01. The molecule has 104 valence electrons. The van der Waals surface area contributed by atoms with Crippen molar-refractivity contribution in [1.29, 1.82) is 0 Å². The van der Waals surface area contributed by atoms with E-state index < -0.39 is 0 Å². The number of nitrogens with zero attached hydrogens (tertiary/aromatic N) is 1. The van der Waals surface area contributed by atoms with Crippen LogP contribution < -0.4 is 0 Å². The molecule has 0 aromatic heterocycles. The minimum atomic E-state index is 0.989. The topological polar surface area (TPSA) is 3.24 Å². The van der Waals surface area contributed by atoms with Crippen molar-refractivity contribution in [3.63, 3.8) is 0 Å². The van der Waals surface area contributed by atoms with Crippen LogP contribution >= 0.6 is 0 Å². The highest BCUT2D eigenvalue weighted by Gasteiger charge is 2.09. The minimum absolute atomic E-state index is 0.989. The largest absolute Gasteiger partial charge is 0.372 e. The van der Waals surface area contributed by atoms with Gasteiger partial charge in [0.2, 0.25) is 0 Å². The Bertz CT molecular complexity index is 457. The first-order valence-corrected chi connectivity index (χ1v) is 7.28. The van der Waals surface area contributed by atoms with Crippen molar-refractivity contribution >= 4 is 11.3 Å². The van der Waals surface area contributed by atoms with E-state index in [1.807, 2.05) is 0 Å². The number of allylic oxidation sites excluding steroid dienone is 1. The molecular formula is C18H27N. The maximum atomic E-state index is 4.27. The molecule has 0 saturated carbocycles. The molecule has 0 spiro atoms. The molecule has 0 heterocycles. The predicted octanol–water partition coefficient (Wildman–Crippen LogP) is 5.12. The Balaban J connectivity index is 3.07. The molecule has 0 amide bonds. The lowest BCUT2D eigenvalue weighted by Crippen LogP contribution is -2.22. The van der Waals surface area contributed by atoms with Crippen molar-refractivity contribution in [3.8, 4) is 0 Å². The molecule has 0 unspecified atom stereocenters. The third-order valence-electron chi connectivity index (χ3n) is 3.64. The van der Waals surface area contributed by atoms with E-state index in [4.69, 9.17) is 0 Å². The predicted molar refractivity (Wildman–Crippen MR) is 87.1 cm³/mol. The Morgan fingerprint density at radius 1 is 1.16 bits per heavy atom. The highest BCUT2D eigenvalue weighted by atomic mass is 15.1. The number of hydrogen-bond acceptors (Lipinski definition) is 1. The van der Waals surface area contributed by atoms with Gasteiger partial charge in [-0.15, -0.1) is 0 Å². The van der Waals surface area contributed by atoms with Gasteiger partial charge in [-0.05, 0) is 55.0 Å². The highest BCUT2D eigenvalue weighted by molar-refractivity contribution is 5.71. The maximum absolute atomic E-state index is 4.27. The molecule has 1 nitrogen and oxygen atoms in total. The fourth-order valence-electron chi connectivity index (χ4n) is 2.31. The van der Waals surface area contributed by atoms with Crippen LogP contribution in [0.1, 0.15) is 50.3 Å². The van der Waals surface area contributed by atoms with Gasteiger partial charge < -0.3 is 4.90 Å². The molecule has 0 aliphatic heterocycles. The lowest BCUT2D eigenvalue weighted by atomic mass is 9.96. The van der Waals surface area contributed by atoms with Gasteiger partial charge in [0.25, 0.3) is 0 Å². The SMILES string of the molecule is C=C(CC)c1cc(C(=C)N(CC)CCC)ccc1C. The average Bonchev–Trinajstić information content (AvgIpc) is 2.43. The molecule has 1 rings (SSSR count). The number of benzene rings is 1. The van der Waals surface area contributed by atoms with E-state index in [0.717, 1.165) is 31.6 Å². The first-order chi connectivity index (χ1) is 9.04. The minimum Gasteiger partial charge on any atom is -0.372 e. The van der Waals surface area contributed by atoms with Gasteiger partial charge in [-0.3, -0.25) is 0 Å². The first kappa shape index (κ1) is 15.6. The van der Waals surface area contributed by atoms with Crippen LogP contribution in [0, 0.1) is 6.92 Å². The van der Waals surface area contributed by atoms with Crippen LogP contribution in [0.15, 0.2) is 31.4 Å². The third-order valence-corrected chi connectivity index (χ3v) is 3.64. The summed E-state index contributed by atoms with van der Waals surface area (Å²) in [5.41, 5.74) is 6.10. The normalized spacial score (nSPS) is 10.3. The van der Waals surface area contributed by atoms with E-state index in [1.165, 1.54) is 22.3 Å². The van der Waals surface area contributed by atoms with Gasteiger partial charge in [-0.2, -0.15) is 0 Å². The molecule has 0 radical (unpaired) electrons. The standard InChI is InChI=1S/C18H27N/c1-7-12-19(9-3)16(6)17-11-10-15(5)18(13-17)14(4)8-2/h10-11,13H,4,6-9,12H2,1-3,5H3. The molecule has 0 saturated heterocycles. The fraction of sp³-hybridized carbons (Fsp3) is 0.444. The second-order valence-electron chi connectivity index (χ2n) is 5.01. The molecule has 1 aromatic carbocycles. The summed E-state index contributed by atoms with van der Waals surface area (Å²) in [5, 5.41) is 0. The van der Waals surface area contributed by atoms with Gasteiger partial charge in [0, 0.05) is 18.8 Å². The van der Waals surface area contributed by atoms with Gasteiger partial charge in [0.05, 0.1) is 0 Å². The van der Waals surface area contributed by atoms with Crippen LogP contribution in [0.3, 0.4) is 0 Å². The van der Waals surface area contributed by atoms with Gasteiger partial charge in [0.15, 0.2) is 0 Å². The number of rotatable bonds is 7. The van der Waals surface area contributed by atoms with Gasteiger partial charge >= 0.3 is 0 Å². The Morgan fingerprint density at radius 2 is 1.84 bits per heavy atom. The number of hydrogen-bond donors (Lipinski definition) is 0. The average molecular weight is 257 g/mol. The highest BCUT2D eigenvalue weighted by Crippen LogP contribution is 2.25. The van der Waals surface area contributed by atoms with Crippen molar-refractivity contribution in [2.75, 3.05) is 13.1 Å². The van der Waals surface area contributed by atoms with E-state index in [0.29, 0.717) is 0 Å². The van der Waals surface area contributed by atoms with E-state index in [2.05, 4.69) is 64.0 Å². The zero-order chi connectivity index (χ0) is 14.4. The smallest absolute Gasteiger partial charge is 0.0366 e. The van der Waals surface area contributed by atoms with Crippen LogP contribution in [0.4, 0.5) is 0 Å². The van der Waals surface area contributed by atoms with Crippen molar-refractivity contribution in [3.05, 3.63) is 48.0 Å². The summed E-state index contributed by atoms with van der Waals surface area (Å²) >= 11 is 0. The molecule has 1 heteroatoms. The van der Waals surface area contributed by atoms with Gasteiger partial charge in [0.1, 0.15) is 0 Å². The molecule has 0 aliphatic rings. The van der Waals surface area contributed by atoms with Crippen LogP contribution in [0.2, 0.25) is 0 Å². The van der Waals surface area contributed by atoms with Crippen molar-refractivity contribution in [2.24, 2.45) is 0 Å². The molecule has 0 aliphatic carbocycles. The molecule has 0 N–H and O–H groups in total. The summed E-state index contributed by atoms with van der Waals surface area (Å²) in [7, 11) is 0. The van der Waals surface area contributed by atoms with E-state index >= 15 is 0 Å². The lowest BCUT2D eigenvalue weighted by Gasteiger charge is -2.25.